The number of nitrogens with zero attached hydrogens (tertiary/aromatic N) is 3. The fourth-order valence-corrected chi connectivity index (χ4v) is 6.72. The topological polar surface area (TPSA) is 9.72 Å². The van der Waals surface area contributed by atoms with Crippen LogP contribution in [0, 0.1) is 27.7 Å². The number of benzene rings is 5. The second-order valence-corrected chi connectivity index (χ2v) is 12.5. The molecule has 5 aromatic carbocycles. The van der Waals surface area contributed by atoms with E-state index < -0.39 is 0 Å². The molecule has 0 aromatic heterocycles. The molecule has 0 spiro atoms. The van der Waals surface area contributed by atoms with Crippen LogP contribution in [0.2, 0.25) is 0 Å². The Hall–Kier alpha value is -4.50. The number of hydrogen-bond donors (Lipinski definition) is 0. The highest BCUT2D eigenvalue weighted by Crippen LogP contribution is 2.40. The van der Waals surface area contributed by atoms with E-state index >= 15 is 0 Å². The van der Waals surface area contributed by atoms with Crippen LogP contribution in [0.1, 0.15) is 72.6 Å². The molecule has 0 bridgehead atoms. The lowest BCUT2D eigenvalue weighted by atomic mass is 9.81. The van der Waals surface area contributed by atoms with Gasteiger partial charge in [-0.15, -0.1) is 0 Å². The Morgan fingerprint density at radius 3 is 1.07 bits per heavy atom. The van der Waals surface area contributed by atoms with Gasteiger partial charge in [-0.1, -0.05) is 59.7 Å². The maximum atomic E-state index is 2.43. The molecule has 0 aliphatic carbocycles. The first-order valence-corrected chi connectivity index (χ1v) is 17.0. The van der Waals surface area contributed by atoms with E-state index in [1.54, 1.807) is 0 Å². The van der Waals surface area contributed by atoms with Gasteiger partial charge >= 0.3 is 0 Å². The minimum absolute atomic E-state index is 0.123. The fraction of sp³-hybridized carbons (Fsp3) is 0.302. The number of anilines is 5. The predicted molar refractivity (Wildman–Crippen MR) is 201 cm³/mol. The van der Waals surface area contributed by atoms with Gasteiger partial charge in [-0.2, -0.15) is 0 Å². The zero-order valence-corrected chi connectivity index (χ0v) is 29.1. The van der Waals surface area contributed by atoms with Gasteiger partial charge in [0.2, 0.25) is 0 Å². The molecule has 238 valence electrons. The van der Waals surface area contributed by atoms with Crippen LogP contribution in [0.3, 0.4) is 0 Å². The Morgan fingerprint density at radius 1 is 0.413 bits per heavy atom. The molecule has 0 saturated carbocycles. The molecule has 0 unspecified atom stereocenters. The summed E-state index contributed by atoms with van der Waals surface area (Å²) in [5.74, 6) is 0.123. The summed E-state index contributed by atoms with van der Waals surface area (Å²) in [5.41, 5.74) is 15.2. The number of hydrogen-bond acceptors (Lipinski definition) is 3. The van der Waals surface area contributed by atoms with Crippen LogP contribution in [0.15, 0.2) is 109 Å². The monoisotopic (exact) mass is 609 g/mol. The second kappa shape index (κ2) is 14.7. The van der Waals surface area contributed by atoms with Crippen molar-refractivity contribution >= 4 is 28.4 Å². The third kappa shape index (κ3) is 6.99. The van der Waals surface area contributed by atoms with E-state index in [4.69, 9.17) is 0 Å². The standard InChI is InChI=1S/C43H51N3/c1-9-44(10-2)39-25-27-41(33(7)29-39)43(42-28-26-40(30-34(42)8)45(11-3)12-4)35-17-23-38(24-18-35)46(36-19-13-31(5)14-20-36)37-21-15-32(6)16-22-37/h13-30,43H,9-12H2,1-8H3. The fourth-order valence-electron chi connectivity index (χ4n) is 6.72. The molecular weight excluding hydrogens is 558 g/mol. The SMILES string of the molecule is CCN(CC)c1ccc(C(c2ccc(N(c3ccc(C)cc3)c3ccc(C)cc3)cc2)c2ccc(N(CC)CC)cc2C)c(C)c1. The molecule has 3 nitrogen and oxygen atoms in total. The molecule has 0 fully saturated rings. The predicted octanol–water partition coefficient (Wildman–Crippen LogP) is 11.3. The summed E-state index contributed by atoms with van der Waals surface area (Å²) in [7, 11) is 0. The largest absolute Gasteiger partial charge is 0.372 e. The van der Waals surface area contributed by atoms with Gasteiger partial charge in [0.1, 0.15) is 0 Å². The van der Waals surface area contributed by atoms with Gasteiger partial charge in [0.15, 0.2) is 0 Å². The summed E-state index contributed by atoms with van der Waals surface area (Å²) in [6.07, 6.45) is 0. The van der Waals surface area contributed by atoms with Crippen LogP contribution in [0.4, 0.5) is 28.4 Å². The van der Waals surface area contributed by atoms with Gasteiger partial charge in [0.05, 0.1) is 0 Å². The molecule has 0 saturated heterocycles. The van der Waals surface area contributed by atoms with Crippen LogP contribution in [0.5, 0.6) is 0 Å². The van der Waals surface area contributed by atoms with Crippen LogP contribution < -0.4 is 14.7 Å². The summed E-state index contributed by atoms with van der Waals surface area (Å²) in [6, 6.07) is 41.0. The summed E-state index contributed by atoms with van der Waals surface area (Å²) in [5, 5.41) is 0. The van der Waals surface area contributed by atoms with Crippen molar-refractivity contribution in [1.82, 2.24) is 0 Å². The molecule has 0 radical (unpaired) electrons. The van der Waals surface area contributed by atoms with E-state index in [0.717, 1.165) is 43.2 Å². The Morgan fingerprint density at radius 2 is 0.739 bits per heavy atom. The molecule has 5 rings (SSSR count). The van der Waals surface area contributed by atoms with E-state index in [0.29, 0.717) is 0 Å². The van der Waals surface area contributed by atoms with E-state index in [-0.39, 0.29) is 5.92 Å². The highest BCUT2D eigenvalue weighted by atomic mass is 15.1. The summed E-state index contributed by atoms with van der Waals surface area (Å²) < 4.78 is 0. The van der Waals surface area contributed by atoms with E-state index in [1.165, 1.54) is 50.3 Å². The summed E-state index contributed by atoms with van der Waals surface area (Å²) >= 11 is 0. The minimum atomic E-state index is 0.123. The zero-order valence-electron chi connectivity index (χ0n) is 29.1. The third-order valence-electron chi connectivity index (χ3n) is 9.45. The smallest absolute Gasteiger partial charge is 0.0461 e. The molecule has 3 heteroatoms. The molecule has 0 amide bonds. The van der Waals surface area contributed by atoms with Crippen molar-refractivity contribution in [3.8, 4) is 0 Å². The van der Waals surface area contributed by atoms with Crippen LogP contribution in [-0.2, 0) is 0 Å². The zero-order chi connectivity index (χ0) is 32.8. The lowest BCUT2D eigenvalue weighted by Gasteiger charge is -2.29. The highest BCUT2D eigenvalue weighted by Gasteiger charge is 2.23. The summed E-state index contributed by atoms with van der Waals surface area (Å²) in [6.45, 7) is 21.8. The molecule has 0 aliphatic rings. The van der Waals surface area contributed by atoms with E-state index in [1.807, 2.05) is 0 Å². The van der Waals surface area contributed by atoms with Crippen molar-refractivity contribution in [3.63, 3.8) is 0 Å². The van der Waals surface area contributed by atoms with Crippen LogP contribution in [-0.4, -0.2) is 26.2 Å². The first-order valence-electron chi connectivity index (χ1n) is 17.0. The van der Waals surface area contributed by atoms with Gasteiger partial charge < -0.3 is 14.7 Å². The van der Waals surface area contributed by atoms with Crippen molar-refractivity contribution in [2.24, 2.45) is 0 Å². The normalized spacial score (nSPS) is 11.2. The van der Waals surface area contributed by atoms with Gasteiger partial charge in [-0.25, -0.2) is 0 Å². The van der Waals surface area contributed by atoms with Gasteiger partial charge in [0, 0.05) is 60.5 Å². The molecule has 0 aliphatic heterocycles. The Bertz CT molecular complexity index is 1600. The molecule has 5 aromatic rings. The van der Waals surface area contributed by atoms with Gasteiger partial charge in [-0.05, 0) is 144 Å². The van der Waals surface area contributed by atoms with Crippen LogP contribution >= 0.6 is 0 Å². The average molecular weight is 610 g/mol. The summed E-state index contributed by atoms with van der Waals surface area (Å²) in [4.78, 5) is 7.21. The molecule has 0 heterocycles. The third-order valence-corrected chi connectivity index (χ3v) is 9.45. The Balaban J connectivity index is 1.62. The second-order valence-electron chi connectivity index (χ2n) is 12.5. The Labute approximate surface area is 278 Å². The van der Waals surface area contributed by atoms with Crippen molar-refractivity contribution in [1.29, 1.82) is 0 Å². The lowest BCUT2D eigenvalue weighted by Crippen LogP contribution is -2.22. The van der Waals surface area contributed by atoms with Gasteiger partial charge in [0.25, 0.3) is 0 Å². The number of aryl methyl sites for hydroxylation is 4. The number of rotatable bonds is 12. The van der Waals surface area contributed by atoms with Crippen molar-refractivity contribution in [2.75, 3.05) is 40.9 Å². The average Bonchev–Trinajstić information content (AvgIpc) is 3.06. The van der Waals surface area contributed by atoms with E-state index in [2.05, 4.69) is 179 Å². The van der Waals surface area contributed by atoms with Crippen molar-refractivity contribution in [2.45, 2.75) is 61.3 Å². The first-order chi connectivity index (χ1) is 22.3. The molecule has 46 heavy (non-hydrogen) atoms. The first kappa shape index (κ1) is 32.9. The van der Waals surface area contributed by atoms with Crippen molar-refractivity contribution in [3.05, 3.63) is 148 Å². The Kier molecular flexibility index (Phi) is 10.5. The molecule has 0 N–H and O–H groups in total. The lowest BCUT2D eigenvalue weighted by molar-refractivity contribution is 0.859. The quantitative estimate of drug-likeness (QED) is 0.130. The maximum absolute atomic E-state index is 2.43. The van der Waals surface area contributed by atoms with E-state index in [9.17, 15) is 0 Å². The molecule has 0 atom stereocenters. The highest BCUT2D eigenvalue weighted by molar-refractivity contribution is 5.77. The van der Waals surface area contributed by atoms with Crippen LogP contribution in [0.25, 0.3) is 0 Å². The van der Waals surface area contributed by atoms with Gasteiger partial charge in [-0.3, -0.25) is 0 Å². The minimum Gasteiger partial charge on any atom is -0.372 e. The maximum Gasteiger partial charge on any atom is 0.0461 e. The molecular formula is C43H51N3. The van der Waals surface area contributed by atoms with Crippen molar-refractivity contribution < 1.29 is 0 Å².